The Kier molecular flexibility index (Phi) is 6.11. The van der Waals surface area contributed by atoms with Crippen LogP contribution in [0.1, 0.15) is 11.1 Å². The van der Waals surface area contributed by atoms with E-state index in [0.29, 0.717) is 32.1 Å². The zero-order valence-corrected chi connectivity index (χ0v) is 16.3. The van der Waals surface area contributed by atoms with E-state index in [-0.39, 0.29) is 12.5 Å². The number of ether oxygens (including phenoxy) is 2. The molecule has 28 heavy (non-hydrogen) atoms. The van der Waals surface area contributed by atoms with Gasteiger partial charge in [0.15, 0.2) is 6.61 Å². The van der Waals surface area contributed by atoms with E-state index in [1.165, 1.54) is 17.3 Å². The summed E-state index contributed by atoms with van der Waals surface area (Å²) in [6.45, 7) is 4.05. The lowest BCUT2D eigenvalue weighted by Crippen LogP contribution is -2.42. The smallest absolute Gasteiger partial charge is 0.260 e. The van der Waals surface area contributed by atoms with Gasteiger partial charge >= 0.3 is 0 Å². The molecule has 0 spiro atoms. The van der Waals surface area contributed by atoms with Gasteiger partial charge in [0.25, 0.3) is 5.91 Å². The molecule has 4 rings (SSSR count). The van der Waals surface area contributed by atoms with Crippen molar-refractivity contribution < 1.29 is 14.3 Å². The van der Waals surface area contributed by atoms with E-state index < -0.39 is 0 Å². The highest BCUT2D eigenvalue weighted by atomic mass is 32.1. The van der Waals surface area contributed by atoms with Crippen LogP contribution in [0.2, 0.25) is 0 Å². The van der Waals surface area contributed by atoms with Crippen LogP contribution in [0.3, 0.4) is 0 Å². The van der Waals surface area contributed by atoms with E-state index >= 15 is 0 Å². The van der Waals surface area contributed by atoms with Crippen molar-refractivity contribution in [3.8, 4) is 5.75 Å². The number of benzene rings is 2. The molecule has 1 fully saturated rings. The van der Waals surface area contributed by atoms with Crippen LogP contribution in [-0.2, 0) is 22.6 Å². The average molecular weight is 398 g/mol. The van der Waals surface area contributed by atoms with Crippen molar-refractivity contribution in [3.05, 3.63) is 53.6 Å². The van der Waals surface area contributed by atoms with Crippen LogP contribution in [0.4, 0.5) is 0 Å². The first-order valence-electron chi connectivity index (χ1n) is 9.27. The summed E-state index contributed by atoms with van der Waals surface area (Å²) in [5.41, 5.74) is 4.22. The Labute approximate surface area is 167 Å². The lowest BCUT2D eigenvalue weighted by molar-refractivity contribution is -0.137. The second-order valence-electron chi connectivity index (χ2n) is 6.62. The molecule has 1 saturated heterocycles. The second kappa shape index (κ2) is 9.09. The van der Waals surface area contributed by atoms with Gasteiger partial charge in [-0.05, 0) is 35.4 Å². The van der Waals surface area contributed by atoms with Crippen molar-refractivity contribution in [1.29, 1.82) is 0 Å². The third kappa shape index (κ3) is 4.83. The normalized spacial score (nSPS) is 14.4. The number of carbonyl (C=O) groups excluding carboxylic acids is 1. The van der Waals surface area contributed by atoms with Crippen LogP contribution in [-0.4, -0.2) is 52.5 Å². The summed E-state index contributed by atoms with van der Waals surface area (Å²) in [5, 5.41) is 3.43. The Morgan fingerprint density at radius 2 is 1.75 bits per heavy atom. The minimum absolute atomic E-state index is 0.00123. The van der Waals surface area contributed by atoms with Gasteiger partial charge in [0.2, 0.25) is 0 Å². The van der Waals surface area contributed by atoms with E-state index in [9.17, 15) is 4.79 Å². The van der Waals surface area contributed by atoms with Crippen molar-refractivity contribution in [2.45, 2.75) is 13.1 Å². The standard InChI is InChI=1S/C20H22N4O3S/c25-20(24-7-9-26-10-8-24)14-27-17-4-1-15(2-5-17)12-21-13-16-3-6-18-19(11-16)23-28-22-18/h1-6,11,21H,7-10,12-14H2. The third-order valence-electron chi connectivity index (χ3n) is 4.63. The number of rotatable bonds is 7. The van der Waals surface area contributed by atoms with Crippen LogP contribution in [0, 0.1) is 0 Å². The highest BCUT2D eigenvalue weighted by molar-refractivity contribution is 7.00. The molecule has 7 nitrogen and oxygen atoms in total. The Morgan fingerprint density at radius 3 is 2.57 bits per heavy atom. The monoisotopic (exact) mass is 398 g/mol. The maximum absolute atomic E-state index is 12.1. The molecule has 0 saturated carbocycles. The lowest BCUT2D eigenvalue weighted by atomic mass is 10.2. The molecule has 8 heteroatoms. The van der Waals surface area contributed by atoms with E-state index in [1.807, 2.05) is 30.3 Å². The van der Waals surface area contributed by atoms with Gasteiger partial charge < -0.3 is 19.7 Å². The Balaban J connectivity index is 1.22. The summed E-state index contributed by atoms with van der Waals surface area (Å²) >= 11 is 1.24. The highest BCUT2D eigenvalue weighted by Gasteiger charge is 2.17. The zero-order valence-electron chi connectivity index (χ0n) is 15.5. The number of nitrogens with one attached hydrogen (secondary N) is 1. The summed E-state index contributed by atoms with van der Waals surface area (Å²) < 4.78 is 19.4. The van der Waals surface area contributed by atoms with Crippen LogP contribution in [0.5, 0.6) is 5.75 Å². The Hall–Kier alpha value is -2.55. The van der Waals surface area contributed by atoms with Crippen LogP contribution < -0.4 is 10.1 Å². The minimum Gasteiger partial charge on any atom is -0.484 e. The number of aromatic nitrogens is 2. The van der Waals surface area contributed by atoms with Crippen LogP contribution in [0.25, 0.3) is 11.0 Å². The van der Waals surface area contributed by atoms with Crippen LogP contribution >= 0.6 is 11.7 Å². The van der Waals surface area contributed by atoms with Crippen molar-refractivity contribution in [2.75, 3.05) is 32.9 Å². The summed E-state index contributed by atoms with van der Waals surface area (Å²) in [7, 11) is 0. The maximum Gasteiger partial charge on any atom is 0.260 e. The molecular weight excluding hydrogens is 376 g/mol. The van der Waals surface area contributed by atoms with Gasteiger partial charge in [-0.25, -0.2) is 0 Å². The fourth-order valence-corrected chi connectivity index (χ4v) is 3.56. The van der Waals surface area contributed by atoms with E-state index in [4.69, 9.17) is 9.47 Å². The van der Waals surface area contributed by atoms with Gasteiger partial charge in [-0.2, -0.15) is 8.75 Å². The molecule has 1 N–H and O–H groups in total. The van der Waals surface area contributed by atoms with Crippen molar-refractivity contribution in [3.63, 3.8) is 0 Å². The first-order chi connectivity index (χ1) is 13.8. The summed E-state index contributed by atoms with van der Waals surface area (Å²) in [6.07, 6.45) is 0. The van der Waals surface area contributed by atoms with Crippen molar-refractivity contribution in [2.24, 2.45) is 0 Å². The predicted molar refractivity (Wildman–Crippen MR) is 107 cm³/mol. The molecule has 0 aliphatic carbocycles. The lowest BCUT2D eigenvalue weighted by Gasteiger charge is -2.26. The van der Waals surface area contributed by atoms with Gasteiger partial charge in [0.1, 0.15) is 16.8 Å². The number of hydrogen-bond acceptors (Lipinski definition) is 7. The quantitative estimate of drug-likeness (QED) is 0.658. The average Bonchev–Trinajstić information content (AvgIpc) is 3.21. The SMILES string of the molecule is O=C(COc1ccc(CNCc2ccc3nsnc3c2)cc1)N1CCOCC1. The number of fused-ring (bicyclic) bond motifs is 1. The molecular formula is C20H22N4O3S. The van der Waals surface area contributed by atoms with Crippen molar-refractivity contribution in [1.82, 2.24) is 19.0 Å². The molecule has 0 radical (unpaired) electrons. The fraction of sp³-hybridized carbons (Fsp3) is 0.350. The number of nitrogens with zero attached hydrogens (tertiary/aromatic N) is 3. The molecule has 2 heterocycles. The topological polar surface area (TPSA) is 76.6 Å². The van der Waals surface area contributed by atoms with E-state index in [0.717, 1.165) is 29.7 Å². The van der Waals surface area contributed by atoms with Gasteiger partial charge in [0, 0.05) is 26.2 Å². The Morgan fingerprint density at radius 1 is 1.04 bits per heavy atom. The Bertz CT molecular complexity index is 923. The van der Waals surface area contributed by atoms with Gasteiger partial charge in [0.05, 0.1) is 24.9 Å². The fourth-order valence-electron chi connectivity index (χ4n) is 3.04. The molecule has 0 bridgehead atoms. The summed E-state index contributed by atoms with van der Waals surface area (Å²) in [5.74, 6) is 0.702. The third-order valence-corrected chi connectivity index (χ3v) is 5.18. The van der Waals surface area contributed by atoms with E-state index in [2.05, 4.69) is 26.2 Å². The second-order valence-corrected chi connectivity index (χ2v) is 7.15. The first kappa shape index (κ1) is 18.8. The first-order valence-corrected chi connectivity index (χ1v) is 10.0. The highest BCUT2D eigenvalue weighted by Crippen LogP contribution is 2.15. The summed E-state index contributed by atoms with van der Waals surface area (Å²) in [6, 6.07) is 13.9. The number of carbonyl (C=O) groups is 1. The molecule has 1 aromatic heterocycles. The predicted octanol–water partition coefficient (Wildman–Crippen LogP) is 2.22. The molecule has 2 aromatic carbocycles. The molecule has 3 aromatic rings. The van der Waals surface area contributed by atoms with Crippen LogP contribution in [0.15, 0.2) is 42.5 Å². The number of morpholine rings is 1. The van der Waals surface area contributed by atoms with Gasteiger partial charge in [-0.15, -0.1) is 0 Å². The molecule has 1 amide bonds. The minimum atomic E-state index is 0.00123. The van der Waals surface area contributed by atoms with Gasteiger partial charge in [-0.1, -0.05) is 18.2 Å². The molecule has 1 aliphatic heterocycles. The summed E-state index contributed by atoms with van der Waals surface area (Å²) in [4.78, 5) is 13.9. The number of amides is 1. The number of hydrogen-bond donors (Lipinski definition) is 1. The van der Waals surface area contributed by atoms with Crippen molar-refractivity contribution >= 4 is 28.7 Å². The zero-order chi connectivity index (χ0) is 19.2. The van der Waals surface area contributed by atoms with E-state index in [1.54, 1.807) is 4.90 Å². The molecule has 146 valence electrons. The van der Waals surface area contributed by atoms with Gasteiger partial charge in [-0.3, -0.25) is 4.79 Å². The molecule has 0 atom stereocenters. The molecule has 1 aliphatic rings. The maximum atomic E-state index is 12.1. The largest absolute Gasteiger partial charge is 0.484 e. The molecule has 0 unspecified atom stereocenters.